The number of hydrogen-bond acceptors (Lipinski definition) is 4. The first-order valence-corrected chi connectivity index (χ1v) is 10.2. The van der Waals surface area contributed by atoms with Crippen molar-refractivity contribution in [1.82, 2.24) is 0 Å². The fourth-order valence-electron chi connectivity index (χ4n) is 2.34. The van der Waals surface area contributed by atoms with Crippen LogP contribution < -0.4 is 0 Å². The molecule has 5 heteroatoms. The molecule has 0 aliphatic heterocycles. The molecule has 0 spiro atoms. The molecular weight excluding hydrogens is 272 g/mol. The van der Waals surface area contributed by atoms with E-state index in [9.17, 15) is 9.59 Å². The SMILES string of the molecule is COC(=O)[C@H]1CC(=O)C[C@H](O[Si](C)(C)C(C)(C)C)[C@@H]1C. The van der Waals surface area contributed by atoms with E-state index in [0.29, 0.717) is 6.42 Å². The van der Waals surface area contributed by atoms with E-state index in [4.69, 9.17) is 9.16 Å². The third-order valence-corrected chi connectivity index (χ3v) is 9.36. The fourth-order valence-corrected chi connectivity index (χ4v) is 3.75. The Labute approximate surface area is 123 Å². The van der Waals surface area contributed by atoms with Gasteiger partial charge in [0.05, 0.1) is 19.1 Å². The van der Waals surface area contributed by atoms with E-state index in [1.807, 2.05) is 6.92 Å². The van der Waals surface area contributed by atoms with Gasteiger partial charge in [-0.2, -0.15) is 0 Å². The Hall–Kier alpha value is -0.683. The van der Waals surface area contributed by atoms with Crippen LogP contribution in [0.3, 0.4) is 0 Å². The Morgan fingerprint density at radius 2 is 1.80 bits per heavy atom. The average molecular weight is 300 g/mol. The van der Waals surface area contributed by atoms with Gasteiger partial charge in [-0.15, -0.1) is 0 Å². The van der Waals surface area contributed by atoms with Crippen LogP contribution >= 0.6 is 0 Å². The van der Waals surface area contributed by atoms with Crippen LogP contribution in [0.25, 0.3) is 0 Å². The Balaban J connectivity index is 2.89. The van der Waals surface area contributed by atoms with Gasteiger partial charge in [-0.25, -0.2) is 0 Å². The molecule has 0 aromatic heterocycles. The smallest absolute Gasteiger partial charge is 0.309 e. The molecule has 1 saturated carbocycles. The number of esters is 1. The van der Waals surface area contributed by atoms with E-state index >= 15 is 0 Å². The highest BCUT2D eigenvalue weighted by Crippen LogP contribution is 2.41. The summed E-state index contributed by atoms with van der Waals surface area (Å²) in [4.78, 5) is 23.7. The first kappa shape index (κ1) is 17.4. The average Bonchev–Trinajstić information content (AvgIpc) is 2.30. The van der Waals surface area contributed by atoms with Gasteiger partial charge >= 0.3 is 5.97 Å². The van der Waals surface area contributed by atoms with E-state index < -0.39 is 8.32 Å². The molecule has 0 radical (unpaired) electrons. The molecule has 1 fully saturated rings. The molecule has 3 atom stereocenters. The number of ether oxygens (including phenoxy) is 1. The predicted octanol–water partition coefficient (Wildman–Crippen LogP) is 3.17. The van der Waals surface area contributed by atoms with Crippen LogP contribution in [0.1, 0.15) is 40.5 Å². The Morgan fingerprint density at radius 3 is 2.25 bits per heavy atom. The highest BCUT2D eigenvalue weighted by atomic mass is 28.4. The van der Waals surface area contributed by atoms with Crippen molar-refractivity contribution >= 4 is 20.1 Å². The van der Waals surface area contributed by atoms with Gasteiger partial charge in [0.1, 0.15) is 5.78 Å². The van der Waals surface area contributed by atoms with Crippen LogP contribution in [0.5, 0.6) is 0 Å². The largest absolute Gasteiger partial charge is 0.469 e. The van der Waals surface area contributed by atoms with Crippen LogP contribution in [0.15, 0.2) is 0 Å². The second-order valence-corrected chi connectivity index (χ2v) is 12.1. The summed E-state index contributed by atoms with van der Waals surface area (Å²) in [5.74, 6) is -0.540. The minimum atomic E-state index is -1.94. The molecular formula is C15H28O4Si. The molecule has 0 heterocycles. The van der Waals surface area contributed by atoms with Gasteiger partial charge in [0.25, 0.3) is 0 Å². The quantitative estimate of drug-likeness (QED) is 0.593. The van der Waals surface area contributed by atoms with Crippen LogP contribution in [-0.2, 0) is 18.8 Å². The maximum atomic E-state index is 11.9. The molecule has 20 heavy (non-hydrogen) atoms. The summed E-state index contributed by atoms with van der Waals surface area (Å²) < 4.78 is 11.2. The zero-order chi connectivity index (χ0) is 15.7. The second-order valence-electron chi connectivity index (χ2n) is 7.35. The number of hydrogen-bond donors (Lipinski definition) is 0. The highest BCUT2D eigenvalue weighted by molar-refractivity contribution is 6.74. The van der Waals surface area contributed by atoms with Gasteiger partial charge in [0, 0.05) is 12.8 Å². The second kappa shape index (κ2) is 5.98. The number of rotatable bonds is 3. The molecule has 4 nitrogen and oxygen atoms in total. The van der Waals surface area contributed by atoms with Crippen LogP contribution in [-0.4, -0.2) is 33.3 Å². The van der Waals surface area contributed by atoms with Crippen molar-refractivity contribution in [1.29, 1.82) is 0 Å². The van der Waals surface area contributed by atoms with Crippen molar-refractivity contribution < 1.29 is 18.8 Å². The highest BCUT2D eigenvalue weighted by Gasteiger charge is 2.45. The number of methoxy groups -OCH3 is 1. The van der Waals surface area contributed by atoms with Crippen LogP contribution in [0.2, 0.25) is 18.1 Å². The Morgan fingerprint density at radius 1 is 1.25 bits per heavy atom. The molecule has 1 aliphatic carbocycles. The van der Waals surface area contributed by atoms with E-state index in [1.165, 1.54) is 7.11 Å². The number of carbonyl (C=O) groups excluding carboxylic acids is 2. The normalized spacial score (nSPS) is 28.4. The monoisotopic (exact) mass is 300 g/mol. The minimum Gasteiger partial charge on any atom is -0.469 e. The maximum Gasteiger partial charge on any atom is 0.309 e. The van der Waals surface area contributed by atoms with Gasteiger partial charge in [0.15, 0.2) is 8.32 Å². The van der Waals surface area contributed by atoms with Crippen molar-refractivity contribution in [3.05, 3.63) is 0 Å². The van der Waals surface area contributed by atoms with Gasteiger partial charge in [0.2, 0.25) is 0 Å². The third-order valence-electron chi connectivity index (χ3n) is 4.85. The Bertz CT molecular complexity index is 384. The zero-order valence-corrected chi connectivity index (χ0v) is 14.8. The molecule has 0 aromatic rings. The molecule has 0 N–H and O–H groups in total. The van der Waals surface area contributed by atoms with E-state index in [0.717, 1.165) is 0 Å². The standard InChI is InChI=1S/C15H28O4Si/c1-10-12(14(17)18-5)8-11(16)9-13(10)19-20(6,7)15(2,3)4/h10,12-13H,8-9H2,1-7H3/t10-,12+,13+/m1/s1. The predicted molar refractivity (Wildman–Crippen MR) is 81.0 cm³/mol. The summed E-state index contributed by atoms with van der Waals surface area (Å²) in [6.45, 7) is 12.9. The summed E-state index contributed by atoms with van der Waals surface area (Å²) in [6, 6.07) is 0. The van der Waals surface area contributed by atoms with Gasteiger partial charge in [-0.05, 0) is 24.1 Å². The number of Topliss-reactive ketones (excluding diaryl/α,β-unsaturated/α-hetero) is 1. The van der Waals surface area contributed by atoms with Crippen LogP contribution in [0, 0.1) is 11.8 Å². The third kappa shape index (κ3) is 3.70. The molecule has 0 aromatic carbocycles. The lowest BCUT2D eigenvalue weighted by Crippen LogP contribution is -2.49. The topological polar surface area (TPSA) is 52.6 Å². The lowest BCUT2D eigenvalue weighted by Gasteiger charge is -2.43. The first-order valence-electron chi connectivity index (χ1n) is 7.27. The molecule has 1 aliphatic rings. The summed E-state index contributed by atoms with van der Waals surface area (Å²) in [7, 11) is -0.570. The molecule has 0 unspecified atom stereocenters. The van der Waals surface area contributed by atoms with Crippen molar-refractivity contribution in [3.63, 3.8) is 0 Å². The summed E-state index contributed by atoms with van der Waals surface area (Å²) in [6.07, 6.45) is 0.535. The van der Waals surface area contributed by atoms with E-state index in [1.54, 1.807) is 0 Å². The first-order chi connectivity index (χ1) is 8.99. The molecule has 0 saturated heterocycles. The number of ketones is 1. The summed E-state index contributed by atoms with van der Waals surface area (Å²) in [5.41, 5.74) is 0. The van der Waals surface area contributed by atoms with E-state index in [-0.39, 0.29) is 41.2 Å². The molecule has 0 bridgehead atoms. The van der Waals surface area contributed by atoms with Gasteiger partial charge < -0.3 is 9.16 Å². The maximum absolute atomic E-state index is 11.9. The Kier molecular flexibility index (Phi) is 5.19. The van der Waals surface area contributed by atoms with E-state index in [2.05, 4.69) is 33.9 Å². The lowest BCUT2D eigenvalue weighted by molar-refractivity contribution is -0.153. The lowest BCUT2D eigenvalue weighted by atomic mass is 9.78. The zero-order valence-electron chi connectivity index (χ0n) is 13.8. The van der Waals surface area contributed by atoms with Crippen molar-refractivity contribution in [2.24, 2.45) is 11.8 Å². The number of carbonyl (C=O) groups is 2. The summed E-state index contributed by atoms with van der Waals surface area (Å²) >= 11 is 0. The molecule has 116 valence electrons. The van der Waals surface area contributed by atoms with Crippen molar-refractivity contribution in [3.8, 4) is 0 Å². The van der Waals surface area contributed by atoms with Crippen LogP contribution in [0.4, 0.5) is 0 Å². The molecule has 1 rings (SSSR count). The molecule has 0 amide bonds. The van der Waals surface area contributed by atoms with Crippen molar-refractivity contribution in [2.45, 2.75) is 64.8 Å². The summed E-state index contributed by atoms with van der Waals surface area (Å²) in [5, 5.41) is 0.0912. The van der Waals surface area contributed by atoms with Gasteiger partial charge in [-0.1, -0.05) is 27.7 Å². The van der Waals surface area contributed by atoms with Gasteiger partial charge in [-0.3, -0.25) is 9.59 Å². The van der Waals surface area contributed by atoms with Crippen molar-refractivity contribution in [2.75, 3.05) is 7.11 Å². The fraction of sp³-hybridized carbons (Fsp3) is 0.867. The minimum absolute atomic E-state index is 0.0225.